The van der Waals surface area contributed by atoms with Gasteiger partial charge >= 0.3 is 0 Å². The Kier molecular flexibility index (Phi) is 2.33. The van der Waals surface area contributed by atoms with Crippen molar-refractivity contribution in [1.29, 1.82) is 0 Å². The molecule has 5 heteroatoms. The Bertz CT molecular complexity index is 467. The van der Waals surface area contributed by atoms with Gasteiger partial charge in [0.25, 0.3) is 0 Å². The highest BCUT2D eigenvalue weighted by Gasteiger charge is 2.03. The summed E-state index contributed by atoms with van der Waals surface area (Å²) in [7, 11) is 0. The predicted octanol–water partition coefficient (Wildman–Crippen LogP) is 2.48. The van der Waals surface area contributed by atoms with Crippen LogP contribution in [0, 0.1) is 12.7 Å². The molecule has 1 heterocycles. The molecule has 2 aromatic rings. The monoisotopic (exact) mass is 255 g/mol. The zero-order valence-electron chi connectivity index (χ0n) is 7.41. The van der Waals surface area contributed by atoms with Gasteiger partial charge in [0, 0.05) is 6.07 Å². The summed E-state index contributed by atoms with van der Waals surface area (Å²) in [5, 5.41) is 7.67. The maximum Gasteiger partial charge on any atom is 0.139 e. The molecule has 0 aliphatic rings. The molecule has 0 aliphatic heterocycles. The minimum atomic E-state index is -0.310. The molecule has 0 aliphatic carbocycles. The van der Waals surface area contributed by atoms with E-state index in [1.165, 1.54) is 10.7 Å². The molecule has 0 atom stereocenters. The zero-order chi connectivity index (χ0) is 10.1. The van der Waals surface area contributed by atoms with Crippen molar-refractivity contribution < 1.29 is 4.39 Å². The van der Waals surface area contributed by atoms with E-state index in [9.17, 15) is 4.39 Å². The lowest BCUT2D eigenvalue weighted by Crippen LogP contribution is -1.95. The molecule has 1 aromatic heterocycles. The van der Waals surface area contributed by atoms with Crippen molar-refractivity contribution >= 4 is 15.9 Å². The van der Waals surface area contributed by atoms with E-state index in [4.69, 9.17) is 0 Å². The highest BCUT2D eigenvalue weighted by atomic mass is 79.9. The molecule has 72 valence electrons. The SMILES string of the molecule is Cc1cn(-c2ccc(Br)c(F)c2)nn1. The van der Waals surface area contributed by atoms with Gasteiger partial charge < -0.3 is 0 Å². The van der Waals surface area contributed by atoms with Crippen LogP contribution in [-0.2, 0) is 0 Å². The van der Waals surface area contributed by atoms with E-state index in [1.54, 1.807) is 18.3 Å². The van der Waals surface area contributed by atoms with Gasteiger partial charge in [0.2, 0.25) is 0 Å². The van der Waals surface area contributed by atoms with Crippen LogP contribution < -0.4 is 0 Å². The van der Waals surface area contributed by atoms with Gasteiger partial charge in [-0.3, -0.25) is 0 Å². The summed E-state index contributed by atoms with van der Waals surface area (Å²) in [4.78, 5) is 0. The fourth-order valence-electron chi connectivity index (χ4n) is 1.10. The first-order chi connectivity index (χ1) is 6.66. The van der Waals surface area contributed by atoms with Gasteiger partial charge in [-0.25, -0.2) is 9.07 Å². The van der Waals surface area contributed by atoms with Gasteiger partial charge in [-0.05, 0) is 35.0 Å². The second-order valence-electron chi connectivity index (χ2n) is 2.90. The van der Waals surface area contributed by atoms with Crippen LogP contribution in [0.25, 0.3) is 5.69 Å². The number of rotatable bonds is 1. The third kappa shape index (κ3) is 1.68. The summed E-state index contributed by atoms with van der Waals surface area (Å²) in [5.74, 6) is -0.310. The van der Waals surface area contributed by atoms with Crippen LogP contribution in [0.15, 0.2) is 28.9 Å². The van der Waals surface area contributed by atoms with Crippen LogP contribution >= 0.6 is 15.9 Å². The molecule has 3 nitrogen and oxygen atoms in total. The minimum absolute atomic E-state index is 0.310. The van der Waals surface area contributed by atoms with E-state index in [0.717, 1.165) is 5.69 Å². The van der Waals surface area contributed by atoms with Gasteiger partial charge in [-0.1, -0.05) is 5.21 Å². The molecule has 0 bridgehead atoms. The molecular weight excluding hydrogens is 249 g/mol. The number of benzene rings is 1. The number of aryl methyl sites for hydroxylation is 1. The van der Waals surface area contributed by atoms with Crippen molar-refractivity contribution in [1.82, 2.24) is 15.0 Å². The van der Waals surface area contributed by atoms with Gasteiger partial charge in [-0.2, -0.15) is 0 Å². The summed E-state index contributed by atoms with van der Waals surface area (Å²) in [6.45, 7) is 1.83. The van der Waals surface area contributed by atoms with Crippen LogP contribution in [0.3, 0.4) is 0 Å². The molecule has 2 rings (SSSR count). The summed E-state index contributed by atoms with van der Waals surface area (Å²) in [6.07, 6.45) is 1.74. The lowest BCUT2D eigenvalue weighted by atomic mass is 10.3. The number of nitrogens with zero attached hydrogens (tertiary/aromatic N) is 3. The summed E-state index contributed by atoms with van der Waals surface area (Å²) in [5.41, 5.74) is 1.46. The van der Waals surface area contributed by atoms with Gasteiger partial charge in [0.15, 0.2) is 0 Å². The largest absolute Gasteiger partial charge is 0.220 e. The van der Waals surface area contributed by atoms with Crippen molar-refractivity contribution in [2.45, 2.75) is 6.92 Å². The molecule has 0 unspecified atom stereocenters. The second kappa shape index (κ2) is 3.49. The van der Waals surface area contributed by atoms with Crippen LogP contribution in [0.4, 0.5) is 4.39 Å². The third-order valence-electron chi connectivity index (χ3n) is 1.78. The Morgan fingerprint density at radius 3 is 2.79 bits per heavy atom. The molecule has 0 radical (unpaired) electrons. The van der Waals surface area contributed by atoms with Crippen LogP contribution in [0.2, 0.25) is 0 Å². The van der Waals surface area contributed by atoms with Crippen molar-refractivity contribution in [3.63, 3.8) is 0 Å². The van der Waals surface area contributed by atoms with E-state index >= 15 is 0 Å². The Morgan fingerprint density at radius 1 is 1.43 bits per heavy atom. The van der Waals surface area contributed by atoms with Crippen LogP contribution in [-0.4, -0.2) is 15.0 Å². The van der Waals surface area contributed by atoms with Gasteiger partial charge in [0.05, 0.1) is 22.1 Å². The van der Waals surface area contributed by atoms with Crippen LogP contribution in [0.5, 0.6) is 0 Å². The minimum Gasteiger partial charge on any atom is -0.220 e. The standard InChI is InChI=1S/C9H7BrFN3/c1-6-5-14(13-12-6)7-2-3-8(10)9(11)4-7/h2-5H,1H3. The molecule has 0 saturated carbocycles. The van der Waals surface area contributed by atoms with E-state index < -0.39 is 0 Å². The van der Waals surface area contributed by atoms with Crippen molar-refractivity contribution in [2.75, 3.05) is 0 Å². The molecule has 0 N–H and O–H groups in total. The summed E-state index contributed by atoms with van der Waals surface area (Å²) < 4.78 is 15.1. The van der Waals surface area contributed by atoms with E-state index in [1.807, 2.05) is 6.92 Å². The molecule has 1 aromatic carbocycles. The Balaban J connectivity index is 2.47. The predicted molar refractivity (Wildman–Crippen MR) is 53.8 cm³/mol. The topological polar surface area (TPSA) is 30.7 Å². The average Bonchev–Trinajstić information content (AvgIpc) is 2.57. The average molecular weight is 256 g/mol. The lowest BCUT2D eigenvalue weighted by Gasteiger charge is -2.00. The van der Waals surface area contributed by atoms with Crippen LogP contribution in [0.1, 0.15) is 5.69 Å². The van der Waals surface area contributed by atoms with Gasteiger partial charge in [0.1, 0.15) is 5.82 Å². The molecule has 0 fully saturated rings. The normalized spacial score (nSPS) is 10.5. The first-order valence-electron chi connectivity index (χ1n) is 4.01. The molecule has 0 spiro atoms. The first kappa shape index (κ1) is 9.33. The highest BCUT2D eigenvalue weighted by Crippen LogP contribution is 2.18. The van der Waals surface area contributed by atoms with Crippen molar-refractivity contribution in [3.8, 4) is 5.69 Å². The number of aromatic nitrogens is 3. The zero-order valence-corrected chi connectivity index (χ0v) is 8.99. The molecule has 0 saturated heterocycles. The van der Waals surface area contributed by atoms with E-state index in [-0.39, 0.29) is 5.82 Å². The van der Waals surface area contributed by atoms with Gasteiger partial charge in [-0.15, -0.1) is 5.10 Å². The molecule has 0 amide bonds. The third-order valence-corrected chi connectivity index (χ3v) is 2.42. The quantitative estimate of drug-likeness (QED) is 0.784. The van der Waals surface area contributed by atoms with E-state index in [2.05, 4.69) is 26.2 Å². The Hall–Kier alpha value is -1.23. The molecule has 14 heavy (non-hydrogen) atoms. The van der Waals surface area contributed by atoms with Crippen molar-refractivity contribution in [2.24, 2.45) is 0 Å². The smallest absolute Gasteiger partial charge is 0.139 e. The Labute approximate surface area is 88.7 Å². The fraction of sp³-hybridized carbons (Fsp3) is 0.111. The summed E-state index contributed by atoms with van der Waals surface area (Å²) >= 11 is 3.09. The van der Waals surface area contributed by atoms with E-state index in [0.29, 0.717) is 10.2 Å². The van der Waals surface area contributed by atoms with Crippen molar-refractivity contribution in [3.05, 3.63) is 40.4 Å². The fourth-order valence-corrected chi connectivity index (χ4v) is 1.35. The maximum absolute atomic E-state index is 13.2. The number of hydrogen-bond donors (Lipinski definition) is 0. The Morgan fingerprint density at radius 2 is 2.21 bits per heavy atom. The highest BCUT2D eigenvalue weighted by molar-refractivity contribution is 9.10. The molecular formula is C9H7BrFN3. The summed E-state index contributed by atoms with van der Waals surface area (Å²) in [6, 6.07) is 4.81. The number of halogens is 2. The number of hydrogen-bond acceptors (Lipinski definition) is 2. The first-order valence-corrected chi connectivity index (χ1v) is 4.80. The lowest BCUT2D eigenvalue weighted by molar-refractivity contribution is 0.618. The second-order valence-corrected chi connectivity index (χ2v) is 3.76. The maximum atomic E-state index is 13.2.